The number of nitrogens with zero attached hydrogens (tertiary/aromatic N) is 1. The van der Waals surface area contributed by atoms with Crippen molar-refractivity contribution in [3.8, 4) is 11.3 Å². The first kappa shape index (κ1) is 13.8. The molecule has 2 aromatic carbocycles. The van der Waals surface area contributed by atoms with Gasteiger partial charge in [0.15, 0.2) is 0 Å². The van der Waals surface area contributed by atoms with Crippen LogP contribution < -0.4 is 0 Å². The lowest BCUT2D eigenvalue weighted by molar-refractivity contribution is 0.591. The van der Waals surface area contributed by atoms with Crippen molar-refractivity contribution in [2.24, 2.45) is 0 Å². The molecule has 0 N–H and O–H groups in total. The Kier molecular flexibility index (Phi) is 3.29. The van der Waals surface area contributed by atoms with Gasteiger partial charge in [-0.1, -0.05) is 63.2 Å². The van der Waals surface area contributed by atoms with E-state index < -0.39 is 0 Å². The second-order valence-electron chi connectivity index (χ2n) is 6.66. The molecule has 0 radical (unpaired) electrons. The topological polar surface area (TPSA) is 12.9 Å². The van der Waals surface area contributed by atoms with E-state index >= 15 is 0 Å². The molecule has 0 saturated carbocycles. The molecule has 0 fully saturated rings. The third kappa shape index (κ3) is 2.56. The van der Waals surface area contributed by atoms with Gasteiger partial charge < -0.3 is 0 Å². The molecule has 0 spiro atoms. The average molecular weight is 275 g/mol. The molecule has 106 valence electrons. The molecule has 0 aliphatic heterocycles. The second-order valence-corrected chi connectivity index (χ2v) is 6.66. The molecule has 0 bridgehead atoms. The zero-order chi connectivity index (χ0) is 15.0. The molecule has 0 aliphatic rings. The van der Waals surface area contributed by atoms with Crippen LogP contribution >= 0.6 is 0 Å². The maximum atomic E-state index is 4.63. The summed E-state index contributed by atoms with van der Waals surface area (Å²) in [5.74, 6) is 0. The van der Waals surface area contributed by atoms with Gasteiger partial charge in [-0.15, -0.1) is 0 Å². The Balaban J connectivity index is 2.25. The van der Waals surface area contributed by atoms with E-state index in [0.717, 1.165) is 5.69 Å². The van der Waals surface area contributed by atoms with E-state index in [-0.39, 0.29) is 5.41 Å². The molecule has 0 atom stereocenters. The van der Waals surface area contributed by atoms with Crippen LogP contribution in [-0.2, 0) is 5.41 Å². The van der Waals surface area contributed by atoms with Crippen molar-refractivity contribution in [2.75, 3.05) is 0 Å². The highest BCUT2D eigenvalue weighted by Crippen LogP contribution is 2.31. The van der Waals surface area contributed by atoms with E-state index in [1.165, 1.54) is 27.5 Å². The van der Waals surface area contributed by atoms with Gasteiger partial charge in [0.25, 0.3) is 0 Å². The number of rotatable bonds is 1. The highest BCUT2D eigenvalue weighted by molar-refractivity contribution is 5.95. The minimum atomic E-state index is 0.167. The van der Waals surface area contributed by atoms with Gasteiger partial charge in [-0.3, -0.25) is 4.98 Å². The summed E-state index contributed by atoms with van der Waals surface area (Å²) < 4.78 is 0. The normalized spacial score (nSPS) is 11.8. The predicted octanol–water partition coefficient (Wildman–Crippen LogP) is 5.51. The molecule has 3 aromatic rings. The molecule has 1 heterocycles. The maximum Gasteiger partial charge on any atom is 0.0782 e. The molecule has 0 unspecified atom stereocenters. The van der Waals surface area contributed by atoms with Crippen LogP contribution in [0, 0.1) is 6.92 Å². The molecule has 21 heavy (non-hydrogen) atoms. The second kappa shape index (κ2) is 5.00. The lowest BCUT2D eigenvalue weighted by Crippen LogP contribution is -2.10. The monoisotopic (exact) mass is 275 g/mol. The summed E-state index contributed by atoms with van der Waals surface area (Å²) in [5.41, 5.74) is 5.08. The summed E-state index contributed by atoms with van der Waals surface area (Å²) in [5, 5.41) is 2.48. The van der Waals surface area contributed by atoms with E-state index in [4.69, 9.17) is 0 Å². The Morgan fingerprint density at radius 2 is 1.67 bits per heavy atom. The van der Waals surface area contributed by atoms with Gasteiger partial charge in [0.05, 0.1) is 5.69 Å². The van der Waals surface area contributed by atoms with E-state index in [2.05, 4.69) is 81.2 Å². The third-order valence-electron chi connectivity index (χ3n) is 4.03. The van der Waals surface area contributed by atoms with E-state index in [1.54, 1.807) is 0 Å². The van der Waals surface area contributed by atoms with Gasteiger partial charge >= 0.3 is 0 Å². The molecule has 0 aliphatic carbocycles. The van der Waals surface area contributed by atoms with Gasteiger partial charge in [0.2, 0.25) is 0 Å². The van der Waals surface area contributed by atoms with Gasteiger partial charge in [0.1, 0.15) is 0 Å². The highest BCUT2D eigenvalue weighted by Gasteiger charge is 2.15. The Morgan fingerprint density at radius 3 is 2.38 bits per heavy atom. The first-order valence-electron chi connectivity index (χ1n) is 7.42. The van der Waals surface area contributed by atoms with Crippen LogP contribution in [-0.4, -0.2) is 4.98 Å². The maximum absolute atomic E-state index is 4.63. The van der Waals surface area contributed by atoms with Gasteiger partial charge in [0, 0.05) is 17.1 Å². The van der Waals surface area contributed by atoms with Crippen LogP contribution in [0.15, 0.2) is 54.7 Å². The predicted molar refractivity (Wildman–Crippen MR) is 90.6 cm³/mol. The molecule has 1 heteroatoms. The van der Waals surface area contributed by atoms with Gasteiger partial charge in [-0.05, 0) is 34.9 Å². The van der Waals surface area contributed by atoms with Crippen molar-refractivity contribution in [2.45, 2.75) is 33.1 Å². The van der Waals surface area contributed by atoms with Crippen molar-refractivity contribution in [1.82, 2.24) is 4.98 Å². The van der Waals surface area contributed by atoms with Crippen molar-refractivity contribution >= 4 is 10.8 Å². The minimum absolute atomic E-state index is 0.167. The van der Waals surface area contributed by atoms with Crippen LogP contribution in [0.25, 0.3) is 22.0 Å². The Morgan fingerprint density at radius 1 is 0.905 bits per heavy atom. The summed E-state index contributed by atoms with van der Waals surface area (Å²) in [6.07, 6.45) is 1.91. The zero-order valence-corrected chi connectivity index (χ0v) is 13.1. The Labute approximate surface area is 126 Å². The van der Waals surface area contributed by atoms with Crippen molar-refractivity contribution in [3.63, 3.8) is 0 Å². The Hall–Kier alpha value is -2.15. The number of fused-ring (bicyclic) bond motifs is 1. The van der Waals surface area contributed by atoms with Crippen molar-refractivity contribution in [1.29, 1.82) is 0 Å². The lowest BCUT2D eigenvalue weighted by Gasteiger charge is -2.20. The number of benzene rings is 2. The summed E-state index contributed by atoms with van der Waals surface area (Å²) in [6.45, 7) is 8.88. The zero-order valence-electron chi connectivity index (χ0n) is 13.1. The summed E-state index contributed by atoms with van der Waals surface area (Å²) in [4.78, 5) is 4.63. The smallest absolute Gasteiger partial charge is 0.0782 e. The van der Waals surface area contributed by atoms with Crippen LogP contribution in [0.2, 0.25) is 0 Å². The standard InChI is InChI=1S/C20H21N/c1-14-7-5-6-8-17(14)19-18-10-9-16(20(2,3)4)13-15(18)11-12-21-19/h5-13H,1-4H3. The van der Waals surface area contributed by atoms with Crippen LogP contribution in [0.5, 0.6) is 0 Å². The summed E-state index contributed by atoms with van der Waals surface area (Å²) in [7, 11) is 0. The van der Waals surface area contributed by atoms with Gasteiger partial charge in [-0.2, -0.15) is 0 Å². The number of hydrogen-bond donors (Lipinski definition) is 0. The number of aryl methyl sites for hydroxylation is 1. The largest absolute Gasteiger partial charge is 0.256 e. The molecule has 0 saturated heterocycles. The van der Waals surface area contributed by atoms with Crippen LogP contribution in [0.4, 0.5) is 0 Å². The quantitative estimate of drug-likeness (QED) is 0.571. The van der Waals surface area contributed by atoms with Gasteiger partial charge in [-0.25, -0.2) is 0 Å². The Bertz CT molecular complexity index is 794. The summed E-state index contributed by atoms with van der Waals surface area (Å²) >= 11 is 0. The van der Waals surface area contributed by atoms with Crippen molar-refractivity contribution in [3.05, 3.63) is 65.9 Å². The molecule has 1 nitrogen and oxygen atoms in total. The van der Waals surface area contributed by atoms with E-state index in [1.807, 2.05) is 6.20 Å². The third-order valence-corrected chi connectivity index (χ3v) is 4.03. The van der Waals surface area contributed by atoms with E-state index in [9.17, 15) is 0 Å². The molecule has 1 aromatic heterocycles. The first-order chi connectivity index (χ1) is 9.97. The molecular weight excluding hydrogens is 254 g/mol. The number of aromatic nitrogens is 1. The van der Waals surface area contributed by atoms with Crippen molar-refractivity contribution < 1.29 is 0 Å². The van der Waals surface area contributed by atoms with Crippen LogP contribution in [0.1, 0.15) is 31.9 Å². The first-order valence-corrected chi connectivity index (χ1v) is 7.42. The molecule has 0 amide bonds. The fourth-order valence-corrected chi connectivity index (χ4v) is 2.70. The minimum Gasteiger partial charge on any atom is -0.256 e. The van der Waals surface area contributed by atoms with E-state index in [0.29, 0.717) is 0 Å². The fourth-order valence-electron chi connectivity index (χ4n) is 2.70. The average Bonchev–Trinajstić information content (AvgIpc) is 2.46. The number of pyridine rings is 1. The molecule has 3 rings (SSSR count). The molecular formula is C20H21N. The fraction of sp³-hybridized carbons (Fsp3) is 0.250. The summed E-state index contributed by atoms with van der Waals surface area (Å²) in [6, 6.07) is 17.3. The number of hydrogen-bond acceptors (Lipinski definition) is 1. The van der Waals surface area contributed by atoms with Crippen LogP contribution in [0.3, 0.4) is 0 Å². The SMILES string of the molecule is Cc1ccccc1-c1nccc2cc(C(C)(C)C)ccc12. The highest BCUT2D eigenvalue weighted by atomic mass is 14.7. The lowest BCUT2D eigenvalue weighted by atomic mass is 9.85.